The van der Waals surface area contributed by atoms with E-state index in [1.165, 1.54) is 24.3 Å². The monoisotopic (exact) mass is 357 g/mol. The molecule has 0 radical (unpaired) electrons. The number of benzene rings is 1. The predicted octanol–water partition coefficient (Wildman–Crippen LogP) is 3.29. The highest BCUT2D eigenvalue weighted by atomic mass is 35.5. The Balaban J connectivity index is 2.45. The van der Waals surface area contributed by atoms with Crippen molar-refractivity contribution >= 4 is 40.0 Å². The van der Waals surface area contributed by atoms with E-state index in [-0.39, 0.29) is 21.2 Å². The molecule has 0 aromatic heterocycles. The molecule has 1 aromatic rings. The molecule has 6 nitrogen and oxygen atoms in total. The van der Waals surface area contributed by atoms with Crippen LogP contribution in [0, 0.1) is 5.21 Å². The largest absolute Gasteiger partial charge is 0.615 e. The lowest BCUT2D eigenvalue weighted by Gasteiger charge is -2.33. The van der Waals surface area contributed by atoms with Crippen molar-refractivity contribution in [2.75, 3.05) is 0 Å². The van der Waals surface area contributed by atoms with Crippen LogP contribution < -0.4 is 0 Å². The molecule has 23 heavy (non-hydrogen) atoms. The molecule has 1 aromatic carbocycles. The van der Waals surface area contributed by atoms with Gasteiger partial charge in [-0.15, -0.1) is 4.74 Å². The van der Waals surface area contributed by atoms with Crippen LogP contribution >= 0.6 is 23.2 Å². The number of carbonyl (C=O) groups is 1. The van der Waals surface area contributed by atoms with Crippen molar-refractivity contribution in [1.29, 1.82) is 0 Å². The normalized spacial score (nSPS) is 20.9. The highest BCUT2D eigenvalue weighted by Gasteiger charge is 2.51. The Kier molecular flexibility index (Phi) is 4.56. The second-order valence-corrected chi connectivity index (χ2v) is 7.02. The molecule has 1 N–H and O–H groups in total. The predicted molar refractivity (Wildman–Crippen MR) is 89.5 cm³/mol. The summed E-state index contributed by atoms with van der Waals surface area (Å²) in [5.41, 5.74) is -1.67. The number of hydrogen-bond acceptors (Lipinski definition) is 5. The summed E-state index contributed by atoms with van der Waals surface area (Å²) in [6, 6.07) is 5.88. The first-order valence-electron chi connectivity index (χ1n) is 6.88. The summed E-state index contributed by atoms with van der Waals surface area (Å²) < 4.78 is 0.0701. The van der Waals surface area contributed by atoms with Crippen LogP contribution in [0.1, 0.15) is 38.1 Å². The van der Waals surface area contributed by atoms with Gasteiger partial charge in [0.2, 0.25) is 0 Å². The highest BCUT2D eigenvalue weighted by molar-refractivity contribution is 6.83. The van der Waals surface area contributed by atoms with Crippen molar-refractivity contribution in [3.63, 3.8) is 0 Å². The van der Waals surface area contributed by atoms with Crippen LogP contribution in [0.4, 0.5) is 0 Å². The van der Waals surface area contributed by atoms with E-state index >= 15 is 0 Å². The van der Waals surface area contributed by atoms with E-state index in [0.717, 1.165) is 5.06 Å². The molecule has 8 heteroatoms. The molecule has 0 saturated carbocycles. The maximum Gasteiger partial charge on any atom is 0.431 e. The third-order valence-electron chi connectivity index (χ3n) is 3.66. The van der Waals surface area contributed by atoms with Crippen LogP contribution in [0.15, 0.2) is 29.3 Å². The number of carbonyl (C=O) groups excluding carboxylic acids is 1. The van der Waals surface area contributed by atoms with Gasteiger partial charge in [0, 0.05) is 5.02 Å². The fourth-order valence-corrected chi connectivity index (χ4v) is 2.91. The number of hydroxylamine groups is 3. The quantitative estimate of drug-likeness (QED) is 0.381. The molecular formula is C15H17Cl2N3O3. The number of rotatable bonds is 2. The lowest BCUT2D eigenvalue weighted by atomic mass is 9.99. The topological polar surface area (TPSA) is 79.0 Å². The van der Waals surface area contributed by atoms with Crippen LogP contribution in [0.25, 0.3) is 0 Å². The van der Waals surface area contributed by atoms with Gasteiger partial charge in [-0.3, -0.25) is 4.99 Å². The van der Waals surface area contributed by atoms with Crippen LogP contribution in [0.2, 0.25) is 5.02 Å². The van der Waals surface area contributed by atoms with Crippen molar-refractivity contribution in [2.45, 2.75) is 38.9 Å². The van der Waals surface area contributed by atoms with Crippen LogP contribution in [-0.2, 0) is 0 Å². The molecule has 124 valence electrons. The van der Waals surface area contributed by atoms with E-state index in [4.69, 9.17) is 23.2 Å². The molecule has 1 aliphatic heterocycles. The SMILES string of the molecule is CC1(C)N=C(/C(Cl)=[N+](\[O-])C(=O)c2ccc(Cl)cc2)C(C)(C)N1O. The van der Waals surface area contributed by atoms with Gasteiger partial charge in [-0.2, -0.15) is 5.06 Å². The summed E-state index contributed by atoms with van der Waals surface area (Å²) in [6.45, 7) is 6.65. The average molecular weight is 358 g/mol. The summed E-state index contributed by atoms with van der Waals surface area (Å²) in [5, 5.41) is 23.6. The van der Waals surface area contributed by atoms with Gasteiger partial charge in [-0.05, 0) is 63.6 Å². The van der Waals surface area contributed by atoms with E-state index in [9.17, 15) is 15.2 Å². The Morgan fingerprint density at radius 2 is 1.78 bits per heavy atom. The van der Waals surface area contributed by atoms with E-state index < -0.39 is 17.1 Å². The van der Waals surface area contributed by atoms with Crippen LogP contribution in [0.5, 0.6) is 0 Å². The van der Waals surface area contributed by atoms with E-state index in [0.29, 0.717) is 5.02 Å². The average Bonchev–Trinajstić information content (AvgIpc) is 2.65. The van der Waals surface area contributed by atoms with Gasteiger partial charge in [-0.1, -0.05) is 11.6 Å². The zero-order valence-corrected chi connectivity index (χ0v) is 14.7. The van der Waals surface area contributed by atoms with Gasteiger partial charge in [0.15, 0.2) is 0 Å². The Morgan fingerprint density at radius 1 is 1.26 bits per heavy atom. The van der Waals surface area contributed by atoms with E-state index in [1.807, 2.05) is 0 Å². The molecule has 1 amide bonds. The smallest absolute Gasteiger partial charge is 0.431 e. The fourth-order valence-electron chi connectivity index (χ4n) is 2.44. The summed E-state index contributed by atoms with van der Waals surface area (Å²) in [6.07, 6.45) is 0. The highest BCUT2D eigenvalue weighted by Crippen LogP contribution is 2.34. The van der Waals surface area contributed by atoms with Crippen molar-refractivity contribution in [1.82, 2.24) is 5.06 Å². The van der Waals surface area contributed by atoms with Gasteiger partial charge >= 0.3 is 11.1 Å². The standard InChI is InChI=1S/C15H17Cl2N3O3/c1-14(2)11(18-15(3,4)20(14)23)12(17)19(22)13(21)9-5-7-10(16)8-6-9/h5-8,23H,1-4H3/b19-12+. The third-order valence-corrected chi connectivity index (χ3v) is 4.25. The molecule has 0 fully saturated rings. The summed E-state index contributed by atoms with van der Waals surface area (Å²) in [4.78, 5) is 16.5. The Morgan fingerprint density at radius 3 is 2.22 bits per heavy atom. The maximum absolute atomic E-state index is 12.3. The lowest BCUT2D eigenvalue weighted by Crippen LogP contribution is -2.51. The molecular weight excluding hydrogens is 341 g/mol. The molecule has 1 heterocycles. The van der Waals surface area contributed by atoms with Gasteiger partial charge < -0.3 is 10.4 Å². The first-order chi connectivity index (χ1) is 10.5. The van der Waals surface area contributed by atoms with Crippen molar-refractivity contribution in [3.05, 3.63) is 40.1 Å². The number of hydrogen-bond donors (Lipinski definition) is 1. The van der Waals surface area contributed by atoms with Gasteiger partial charge in [0.1, 0.15) is 11.4 Å². The van der Waals surface area contributed by atoms with E-state index in [2.05, 4.69) is 4.99 Å². The molecule has 0 aliphatic carbocycles. The number of aliphatic imine (C=N–C) groups is 1. The van der Waals surface area contributed by atoms with Crippen molar-refractivity contribution in [3.8, 4) is 0 Å². The van der Waals surface area contributed by atoms with E-state index in [1.54, 1.807) is 27.7 Å². The number of halogens is 2. The molecule has 0 saturated heterocycles. The van der Waals surface area contributed by atoms with Gasteiger partial charge in [0.25, 0.3) is 0 Å². The minimum atomic E-state index is -1.01. The zero-order chi connectivity index (χ0) is 17.6. The van der Waals surface area contributed by atoms with Gasteiger partial charge in [0.05, 0.1) is 11.1 Å². The first-order valence-corrected chi connectivity index (χ1v) is 7.63. The molecule has 1 aliphatic rings. The molecule has 2 rings (SSSR count). The maximum atomic E-state index is 12.3. The van der Waals surface area contributed by atoms with Gasteiger partial charge in [-0.25, -0.2) is 4.79 Å². The minimum Gasteiger partial charge on any atom is -0.615 e. The molecule has 0 unspecified atom stereocenters. The minimum absolute atomic E-state index is 0.0701. The molecule has 0 spiro atoms. The molecule has 0 bridgehead atoms. The van der Waals surface area contributed by atoms with Crippen molar-refractivity contribution in [2.24, 2.45) is 4.99 Å². The Bertz CT molecular complexity index is 709. The Labute approximate surface area is 144 Å². The summed E-state index contributed by atoms with van der Waals surface area (Å²) in [7, 11) is 0. The fraction of sp³-hybridized carbons (Fsp3) is 0.400. The lowest BCUT2D eigenvalue weighted by molar-refractivity contribution is -0.347. The number of amides is 1. The Hall–Kier alpha value is -1.47. The zero-order valence-electron chi connectivity index (χ0n) is 13.2. The van der Waals surface area contributed by atoms with Crippen LogP contribution in [-0.4, -0.2) is 43.0 Å². The third kappa shape index (κ3) is 3.12. The van der Waals surface area contributed by atoms with Crippen LogP contribution in [0.3, 0.4) is 0 Å². The summed E-state index contributed by atoms with van der Waals surface area (Å²) >= 11 is 11.9. The molecule has 0 atom stereocenters. The summed E-state index contributed by atoms with van der Waals surface area (Å²) in [5.74, 6) is -0.834. The number of nitrogens with zero attached hydrogens (tertiary/aromatic N) is 3. The second kappa shape index (κ2) is 5.87. The first kappa shape index (κ1) is 17.9. The second-order valence-electron chi connectivity index (χ2n) is 6.22. The van der Waals surface area contributed by atoms with Crippen molar-refractivity contribution < 1.29 is 14.7 Å².